The quantitative estimate of drug-likeness (QED) is 0.884. The zero-order valence-corrected chi connectivity index (χ0v) is 11.1. The van der Waals surface area contributed by atoms with E-state index >= 15 is 0 Å². The molecule has 0 spiro atoms. The van der Waals surface area contributed by atoms with Crippen LogP contribution in [0.4, 0.5) is 11.4 Å². The first kappa shape index (κ1) is 11.8. The fourth-order valence-corrected chi connectivity index (χ4v) is 2.57. The first-order chi connectivity index (χ1) is 8.83. The van der Waals surface area contributed by atoms with Gasteiger partial charge in [-0.05, 0) is 49.9 Å². The fraction of sp³-hybridized carbons (Fsp3) is 0.600. The van der Waals surface area contributed by atoms with Crippen LogP contribution in [0.3, 0.4) is 0 Å². The van der Waals surface area contributed by atoms with Gasteiger partial charge < -0.3 is 15.0 Å². The molecule has 1 N–H and O–H groups in total. The average molecular weight is 246 g/mol. The Morgan fingerprint density at radius 3 is 2.44 bits per heavy atom. The Kier molecular flexibility index (Phi) is 3.41. The van der Waals surface area contributed by atoms with Crippen LogP contribution < -0.4 is 10.2 Å². The molecule has 1 aromatic carbocycles. The molecule has 1 saturated heterocycles. The molecule has 0 radical (unpaired) electrons. The molecule has 1 aromatic rings. The van der Waals surface area contributed by atoms with Crippen molar-refractivity contribution in [3.8, 4) is 0 Å². The van der Waals surface area contributed by atoms with Gasteiger partial charge in [-0.15, -0.1) is 0 Å². The average Bonchev–Trinajstić information content (AvgIpc) is 3.25. The third kappa shape index (κ3) is 2.78. The van der Waals surface area contributed by atoms with E-state index in [0.29, 0.717) is 6.04 Å². The monoisotopic (exact) mass is 246 g/mol. The Morgan fingerprint density at radius 2 is 1.83 bits per heavy atom. The van der Waals surface area contributed by atoms with Gasteiger partial charge in [0.15, 0.2) is 0 Å². The fourth-order valence-electron chi connectivity index (χ4n) is 2.57. The summed E-state index contributed by atoms with van der Waals surface area (Å²) in [6, 6.07) is 9.44. The molecule has 98 valence electrons. The largest absolute Gasteiger partial charge is 0.382 e. The normalized spacial score (nSPS) is 21.7. The van der Waals surface area contributed by atoms with Crippen LogP contribution in [0.5, 0.6) is 0 Å². The van der Waals surface area contributed by atoms with Crippen molar-refractivity contribution in [2.24, 2.45) is 5.92 Å². The third-order valence-corrected chi connectivity index (χ3v) is 3.97. The van der Waals surface area contributed by atoms with Crippen LogP contribution in [0.2, 0.25) is 0 Å². The van der Waals surface area contributed by atoms with Gasteiger partial charge in [0.2, 0.25) is 0 Å². The van der Waals surface area contributed by atoms with E-state index in [-0.39, 0.29) is 0 Å². The zero-order valence-electron chi connectivity index (χ0n) is 11.1. The summed E-state index contributed by atoms with van der Waals surface area (Å²) in [5.74, 6) is 0.893. The first-order valence-corrected chi connectivity index (χ1v) is 7.02. The molecular weight excluding hydrogens is 224 g/mol. The van der Waals surface area contributed by atoms with Crippen molar-refractivity contribution in [1.82, 2.24) is 0 Å². The van der Waals surface area contributed by atoms with Gasteiger partial charge in [-0.2, -0.15) is 0 Å². The number of nitrogens with zero attached hydrogens (tertiary/aromatic N) is 1. The predicted octanol–water partition coefficient (Wildman–Crippen LogP) is 2.73. The van der Waals surface area contributed by atoms with E-state index in [0.717, 1.165) is 32.2 Å². The highest BCUT2D eigenvalue weighted by molar-refractivity contribution is 5.55. The SMILES string of the molecule is CC(Nc1ccc(N2CCOCC2)cc1)C1CC1. The van der Waals surface area contributed by atoms with Gasteiger partial charge in [0.1, 0.15) is 0 Å². The number of anilines is 2. The lowest BCUT2D eigenvalue weighted by atomic mass is 10.2. The second-order valence-electron chi connectivity index (χ2n) is 5.42. The van der Waals surface area contributed by atoms with Crippen molar-refractivity contribution in [2.75, 3.05) is 36.5 Å². The number of morpholine rings is 1. The van der Waals surface area contributed by atoms with Crippen LogP contribution in [0, 0.1) is 5.92 Å². The molecule has 0 amide bonds. The van der Waals surface area contributed by atoms with E-state index in [4.69, 9.17) is 4.74 Å². The molecule has 18 heavy (non-hydrogen) atoms. The topological polar surface area (TPSA) is 24.5 Å². The molecule has 3 rings (SSSR count). The van der Waals surface area contributed by atoms with Crippen LogP contribution in [-0.4, -0.2) is 32.3 Å². The lowest BCUT2D eigenvalue weighted by molar-refractivity contribution is 0.122. The van der Waals surface area contributed by atoms with E-state index in [9.17, 15) is 0 Å². The highest BCUT2D eigenvalue weighted by Crippen LogP contribution is 2.34. The minimum atomic E-state index is 0.610. The van der Waals surface area contributed by atoms with E-state index in [1.54, 1.807) is 0 Å². The number of ether oxygens (including phenoxy) is 1. The molecule has 2 aliphatic rings. The Balaban J connectivity index is 1.60. The first-order valence-electron chi connectivity index (χ1n) is 7.02. The zero-order chi connectivity index (χ0) is 12.4. The van der Waals surface area contributed by atoms with Crippen LogP contribution in [0.1, 0.15) is 19.8 Å². The Morgan fingerprint density at radius 1 is 1.17 bits per heavy atom. The molecule has 1 unspecified atom stereocenters. The standard InChI is InChI=1S/C15H22N2O/c1-12(13-2-3-13)16-14-4-6-15(7-5-14)17-8-10-18-11-9-17/h4-7,12-13,16H,2-3,8-11H2,1H3. The Hall–Kier alpha value is -1.22. The number of nitrogens with one attached hydrogen (secondary N) is 1. The molecule has 1 aliphatic carbocycles. The maximum atomic E-state index is 5.38. The molecule has 1 saturated carbocycles. The second kappa shape index (κ2) is 5.19. The van der Waals surface area contributed by atoms with Crippen LogP contribution in [0.25, 0.3) is 0 Å². The van der Waals surface area contributed by atoms with Crippen LogP contribution >= 0.6 is 0 Å². The van der Waals surface area contributed by atoms with E-state index in [1.165, 1.54) is 24.2 Å². The molecule has 0 bridgehead atoms. The van der Waals surface area contributed by atoms with Gasteiger partial charge in [0.25, 0.3) is 0 Å². The van der Waals surface area contributed by atoms with E-state index in [2.05, 4.69) is 41.4 Å². The molecule has 1 heterocycles. The van der Waals surface area contributed by atoms with Crippen molar-refractivity contribution in [3.05, 3.63) is 24.3 Å². The summed E-state index contributed by atoms with van der Waals surface area (Å²) >= 11 is 0. The van der Waals surface area contributed by atoms with Gasteiger partial charge in [-0.3, -0.25) is 0 Å². The van der Waals surface area contributed by atoms with Crippen LogP contribution in [-0.2, 0) is 4.74 Å². The molecule has 3 nitrogen and oxygen atoms in total. The number of benzene rings is 1. The second-order valence-corrected chi connectivity index (χ2v) is 5.42. The predicted molar refractivity (Wildman–Crippen MR) is 75.3 cm³/mol. The molecule has 1 atom stereocenters. The van der Waals surface area contributed by atoms with Crippen molar-refractivity contribution in [1.29, 1.82) is 0 Å². The molecule has 0 aromatic heterocycles. The summed E-state index contributed by atoms with van der Waals surface area (Å²) in [5.41, 5.74) is 2.55. The minimum absolute atomic E-state index is 0.610. The molecule has 1 aliphatic heterocycles. The lowest BCUT2D eigenvalue weighted by Crippen LogP contribution is -2.36. The number of rotatable bonds is 4. The smallest absolute Gasteiger partial charge is 0.0642 e. The molecular formula is C15H22N2O. The summed E-state index contributed by atoms with van der Waals surface area (Å²) < 4.78 is 5.38. The number of hydrogen-bond donors (Lipinski definition) is 1. The summed E-state index contributed by atoms with van der Waals surface area (Å²) in [7, 11) is 0. The van der Waals surface area contributed by atoms with Crippen LogP contribution in [0.15, 0.2) is 24.3 Å². The Labute approximate surface area is 109 Å². The third-order valence-electron chi connectivity index (χ3n) is 3.97. The highest BCUT2D eigenvalue weighted by atomic mass is 16.5. The van der Waals surface area contributed by atoms with Gasteiger partial charge in [-0.1, -0.05) is 0 Å². The number of hydrogen-bond acceptors (Lipinski definition) is 3. The molecule has 3 heteroatoms. The maximum Gasteiger partial charge on any atom is 0.0642 e. The van der Waals surface area contributed by atoms with Crippen molar-refractivity contribution < 1.29 is 4.74 Å². The summed E-state index contributed by atoms with van der Waals surface area (Å²) in [4.78, 5) is 2.39. The van der Waals surface area contributed by atoms with Gasteiger partial charge in [0.05, 0.1) is 13.2 Å². The van der Waals surface area contributed by atoms with E-state index in [1.807, 2.05) is 0 Å². The maximum absolute atomic E-state index is 5.38. The van der Waals surface area contributed by atoms with Crippen molar-refractivity contribution in [3.63, 3.8) is 0 Å². The van der Waals surface area contributed by atoms with Crippen molar-refractivity contribution in [2.45, 2.75) is 25.8 Å². The van der Waals surface area contributed by atoms with Gasteiger partial charge in [0, 0.05) is 30.5 Å². The van der Waals surface area contributed by atoms with E-state index < -0.39 is 0 Å². The summed E-state index contributed by atoms with van der Waals surface area (Å²) in [5, 5.41) is 3.59. The highest BCUT2D eigenvalue weighted by Gasteiger charge is 2.27. The summed E-state index contributed by atoms with van der Waals surface area (Å²) in [6.07, 6.45) is 2.78. The Bertz CT molecular complexity index is 380. The lowest BCUT2D eigenvalue weighted by Gasteiger charge is -2.29. The summed E-state index contributed by atoms with van der Waals surface area (Å²) in [6.45, 7) is 5.99. The molecule has 2 fully saturated rings. The van der Waals surface area contributed by atoms with Gasteiger partial charge in [-0.25, -0.2) is 0 Å². The minimum Gasteiger partial charge on any atom is -0.382 e. The van der Waals surface area contributed by atoms with Crippen molar-refractivity contribution >= 4 is 11.4 Å². The van der Waals surface area contributed by atoms with Gasteiger partial charge >= 0.3 is 0 Å².